The molecule has 0 aliphatic heterocycles. The molecule has 1 aromatic heterocycles. The maximum Gasteiger partial charge on any atom is 0.278 e. The van der Waals surface area contributed by atoms with E-state index in [1.54, 1.807) is 7.05 Å². The normalized spacial score (nSPS) is 12.0. The number of likely N-dealkylation sites (N-methyl/N-ethyl adjacent to an activating group) is 1. The standard InChI is InChI=1S/C11H19N5O3/c1-4-13-9-8(10(19)15-11(12)14-9)16(3)5-7(18)6(2)17/h6,17H,4-5H2,1-3H3,(H4,12,13,14,15,19). The highest BCUT2D eigenvalue weighted by Crippen LogP contribution is 2.18. The van der Waals surface area contributed by atoms with Gasteiger partial charge in [-0.25, -0.2) is 0 Å². The van der Waals surface area contributed by atoms with E-state index in [9.17, 15) is 14.7 Å². The summed E-state index contributed by atoms with van der Waals surface area (Å²) in [5.74, 6) is -0.0780. The first-order valence-corrected chi connectivity index (χ1v) is 5.92. The molecular weight excluding hydrogens is 250 g/mol. The average molecular weight is 269 g/mol. The number of hydrogen-bond acceptors (Lipinski definition) is 7. The van der Waals surface area contributed by atoms with Crippen molar-refractivity contribution in [2.45, 2.75) is 20.0 Å². The zero-order valence-electron chi connectivity index (χ0n) is 11.2. The van der Waals surface area contributed by atoms with Gasteiger partial charge in [-0.1, -0.05) is 0 Å². The molecule has 1 heterocycles. The minimum absolute atomic E-state index is 0.0000437. The van der Waals surface area contributed by atoms with Gasteiger partial charge < -0.3 is 21.1 Å². The quantitative estimate of drug-likeness (QED) is 0.531. The van der Waals surface area contributed by atoms with Gasteiger partial charge in [0.25, 0.3) is 5.56 Å². The highest BCUT2D eigenvalue weighted by molar-refractivity contribution is 5.87. The molecule has 0 fully saturated rings. The molecule has 1 atom stereocenters. The minimum atomic E-state index is -1.08. The molecule has 8 heteroatoms. The highest BCUT2D eigenvalue weighted by Gasteiger charge is 2.18. The smallest absolute Gasteiger partial charge is 0.278 e. The number of anilines is 3. The topological polar surface area (TPSA) is 124 Å². The molecule has 0 spiro atoms. The summed E-state index contributed by atoms with van der Waals surface area (Å²) in [7, 11) is 1.57. The van der Waals surface area contributed by atoms with Crippen molar-refractivity contribution in [3.05, 3.63) is 10.4 Å². The lowest BCUT2D eigenvalue weighted by atomic mass is 10.2. The van der Waals surface area contributed by atoms with Gasteiger partial charge in [-0.05, 0) is 13.8 Å². The van der Waals surface area contributed by atoms with Gasteiger partial charge >= 0.3 is 0 Å². The van der Waals surface area contributed by atoms with E-state index in [1.807, 2.05) is 6.92 Å². The van der Waals surface area contributed by atoms with Gasteiger partial charge in [0.05, 0.1) is 6.54 Å². The van der Waals surface area contributed by atoms with Crippen molar-refractivity contribution >= 4 is 23.2 Å². The Balaban J connectivity index is 3.10. The summed E-state index contributed by atoms with van der Waals surface area (Å²) in [6, 6.07) is 0. The van der Waals surface area contributed by atoms with Crippen molar-refractivity contribution in [1.82, 2.24) is 9.97 Å². The Morgan fingerprint density at radius 1 is 1.63 bits per heavy atom. The maximum atomic E-state index is 11.9. The second-order valence-corrected chi connectivity index (χ2v) is 4.18. The van der Waals surface area contributed by atoms with Crippen LogP contribution in [0.15, 0.2) is 4.79 Å². The minimum Gasteiger partial charge on any atom is -0.386 e. The number of hydrogen-bond donors (Lipinski definition) is 4. The van der Waals surface area contributed by atoms with Crippen LogP contribution in [-0.4, -0.2) is 47.1 Å². The summed E-state index contributed by atoms with van der Waals surface area (Å²) in [6.07, 6.45) is -1.08. The number of ketones is 1. The number of aromatic nitrogens is 2. The Labute approximate surface area is 110 Å². The zero-order valence-corrected chi connectivity index (χ0v) is 11.2. The highest BCUT2D eigenvalue weighted by atomic mass is 16.3. The predicted octanol–water partition coefficient (Wildman–Crippen LogP) is -0.830. The first-order valence-electron chi connectivity index (χ1n) is 5.92. The van der Waals surface area contributed by atoms with Gasteiger partial charge in [-0.3, -0.25) is 14.6 Å². The van der Waals surface area contributed by atoms with E-state index in [0.29, 0.717) is 12.4 Å². The van der Waals surface area contributed by atoms with Gasteiger partial charge in [0.15, 0.2) is 11.6 Å². The molecule has 0 bridgehead atoms. The number of nitrogens with two attached hydrogens (primary N) is 1. The van der Waals surface area contributed by atoms with Crippen LogP contribution in [0.25, 0.3) is 0 Å². The fourth-order valence-corrected chi connectivity index (χ4v) is 1.57. The number of rotatable bonds is 6. The van der Waals surface area contributed by atoms with E-state index in [2.05, 4.69) is 15.3 Å². The summed E-state index contributed by atoms with van der Waals surface area (Å²) in [6.45, 7) is 3.70. The molecule has 0 radical (unpaired) electrons. The summed E-state index contributed by atoms with van der Waals surface area (Å²) in [5.41, 5.74) is 5.25. The van der Waals surface area contributed by atoms with Crippen molar-refractivity contribution in [2.75, 3.05) is 36.1 Å². The number of nitrogen functional groups attached to an aromatic ring is 1. The van der Waals surface area contributed by atoms with Crippen molar-refractivity contribution in [3.63, 3.8) is 0 Å². The second kappa shape index (κ2) is 6.19. The number of carbonyl (C=O) groups is 1. The molecule has 106 valence electrons. The molecule has 0 saturated heterocycles. The average Bonchev–Trinajstić information content (AvgIpc) is 2.27. The van der Waals surface area contributed by atoms with Crippen LogP contribution in [-0.2, 0) is 4.79 Å². The molecule has 0 aromatic carbocycles. The van der Waals surface area contributed by atoms with E-state index in [0.717, 1.165) is 0 Å². The number of aromatic amines is 1. The summed E-state index contributed by atoms with van der Waals surface area (Å²) >= 11 is 0. The Hall–Kier alpha value is -2.09. The lowest BCUT2D eigenvalue weighted by Gasteiger charge is -2.21. The lowest BCUT2D eigenvalue weighted by molar-refractivity contribution is -0.124. The number of aliphatic hydroxyl groups is 1. The third-order valence-electron chi connectivity index (χ3n) is 2.50. The molecule has 0 aliphatic rings. The lowest BCUT2D eigenvalue weighted by Crippen LogP contribution is -2.35. The molecule has 1 unspecified atom stereocenters. The first-order chi connectivity index (χ1) is 8.86. The SMILES string of the molecule is CCNc1nc(N)[nH]c(=O)c1N(C)CC(=O)C(C)O. The van der Waals surface area contributed by atoms with Crippen molar-refractivity contribution in [3.8, 4) is 0 Å². The predicted molar refractivity (Wildman–Crippen MR) is 73.4 cm³/mol. The van der Waals surface area contributed by atoms with Crippen LogP contribution < -0.4 is 21.5 Å². The molecule has 0 saturated carbocycles. The number of carbonyl (C=O) groups excluding carboxylic acids is 1. The Morgan fingerprint density at radius 2 is 2.26 bits per heavy atom. The Morgan fingerprint density at radius 3 is 2.79 bits per heavy atom. The number of nitrogens with one attached hydrogen (secondary N) is 2. The molecule has 1 aromatic rings. The van der Waals surface area contributed by atoms with Crippen LogP contribution in [0.3, 0.4) is 0 Å². The molecule has 8 nitrogen and oxygen atoms in total. The fraction of sp³-hybridized carbons (Fsp3) is 0.545. The largest absolute Gasteiger partial charge is 0.386 e. The van der Waals surface area contributed by atoms with Gasteiger partial charge in [0.1, 0.15) is 11.8 Å². The van der Waals surface area contributed by atoms with Crippen LogP contribution in [0.1, 0.15) is 13.8 Å². The van der Waals surface area contributed by atoms with Crippen LogP contribution in [0.2, 0.25) is 0 Å². The van der Waals surface area contributed by atoms with E-state index < -0.39 is 11.7 Å². The number of nitrogens with zero attached hydrogens (tertiary/aromatic N) is 2. The number of Topliss-reactive ketones (excluding diaryl/α,β-unsaturated/α-hetero) is 1. The fourth-order valence-electron chi connectivity index (χ4n) is 1.57. The van der Waals surface area contributed by atoms with Gasteiger partial charge in [-0.2, -0.15) is 4.98 Å². The van der Waals surface area contributed by atoms with E-state index in [1.165, 1.54) is 11.8 Å². The monoisotopic (exact) mass is 269 g/mol. The van der Waals surface area contributed by atoms with Gasteiger partial charge in [0, 0.05) is 13.6 Å². The zero-order chi connectivity index (χ0) is 14.6. The Bertz CT molecular complexity index is 512. The van der Waals surface area contributed by atoms with Crippen molar-refractivity contribution < 1.29 is 9.90 Å². The van der Waals surface area contributed by atoms with Crippen LogP contribution in [0.5, 0.6) is 0 Å². The number of aliphatic hydroxyl groups excluding tert-OH is 1. The van der Waals surface area contributed by atoms with Gasteiger partial charge in [-0.15, -0.1) is 0 Å². The van der Waals surface area contributed by atoms with E-state index in [-0.39, 0.29) is 24.0 Å². The molecule has 0 aliphatic carbocycles. The second-order valence-electron chi connectivity index (χ2n) is 4.18. The third kappa shape index (κ3) is 3.68. The van der Waals surface area contributed by atoms with E-state index in [4.69, 9.17) is 5.73 Å². The van der Waals surface area contributed by atoms with Crippen molar-refractivity contribution in [1.29, 1.82) is 0 Å². The first kappa shape index (κ1) is 15.0. The van der Waals surface area contributed by atoms with E-state index >= 15 is 0 Å². The summed E-state index contributed by atoms with van der Waals surface area (Å²) in [4.78, 5) is 31.2. The molecule has 19 heavy (non-hydrogen) atoms. The van der Waals surface area contributed by atoms with Crippen molar-refractivity contribution in [2.24, 2.45) is 0 Å². The molecule has 0 amide bonds. The van der Waals surface area contributed by atoms with Crippen LogP contribution in [0.4, 0.5) is 17.5 Å². The Kier molecular flexibility index (Phi) is 4.87. The van der Waals surface area contributed by atoms with Crippen LogP contribution >= 0.6 is 0 Å². The summed E-state index contributed by atoms with van der Waals surface area (Å²) < 4.78 is 0. The third-order valence-corrected chi connectivity index (χ3v) is 2.50. The molecular formula is C11H19N5O3. The maximum absolute atomic E-state index is 11.9. The van der Waals surface area contributed by atoms with Gasteiger partial charge in [0.2, 0.25) is 5.95 Å². The number of H-pyrrole nitrogens is 1. The van der Waals surface area contributed by atoms with Crippen LogP contribution in [0, 0.1) is 0 Å². The molecule has 1 rings (SSSR count). The molecule has 5 N–H and O–H groups in total. The summed E-state index contributed by atoms with van der Waals surface area (Å²) in [5, 5.41) is 12.1.